The molecule has 142 valence electrons. The summed E-state index contributed by atoms with van der Waals surface area (Å²) in [5.41, 5.74) is 2.02. The molecule has 3 aromatic rings. The molecule has 7 nitrogen and oxygen atoms in total. The summed E-state index contributed by atoms with van der Waals surface area (Å²) in [6, 6.07) is 9.40. The lowest BCUT2D eigenvalue weighted by Gasteiger charge is -2.11. The van der Waals surface area contributed by atoms with Gasteiger partial charge in [-0.05, 0) is 39.0 Å². The largest absolute Gasteiger partial charge is 0.497 e. The summed E-state index contributed by atoms with van der Waals surface area (Å²) in [6.45, 7) is 6.68. The molecule has 0 unspecified atom stereocenters. The van der Waals surface area contributed by atoms with Crippen LogP contribution in [0.2, 0.25) is 0 Å². The maximum atomic E-state index is 12.5. The fourth-order valence-corrected chi connectivity index (χ4v) is 2.79. The van der Waals surface area contributed by atoms with E-state index in [9.17, 15) is 4.79 Å². The predicted octanol–water partition coefficient (Wildman–Crippen LogP) is 3.14. The van der Waals surface area contributed by atoms with Crippen LogP contribution in [0.3, 0.4) is 0 Å². The Morgan fingerprint density at radius 1 is 1.26 bits per heavy atom. The molecule has 1 amide bonds. The first kappa shape index (κ1) is 18.7. The van der Waals surface area contributed by atoms with Crippen LogP contribution in [0, 0.1) is 6.92 Å². The number of nitrogens with zero attached hydrogens (tertiary/aromatic N) is 3. The molecule has 0 aliphatic carbocycles. The molecule has 0 saturated carbocycles. The highest BCUT2D eigenvalue weighted by Gasteiger charge is 2.15. The van der Waals surface area contributed by atoms with Crippen molar-refractivity contribution < 1.29 is 14.3 Å². The van der Waals surface area contributed by atoms with Crippen LogP contribution in [0.1, 0.15) is 35.9 Å². The third-order valence-corrected chi connectivity index (χ3v) is 4.19. The summed E-state index contributed by atoms with van der Waals surface area (Å²) in [4.78, 5) is 17.1. The van der Waals surface area contributed by atoms with Crippen molar-refractivity contribution in [3.8, 4) is 11.5 Å². The van der Waals surface area contributed by atoms with E-state index in [1.807, 2.05) is 49.7 Å². The first-order chi connectivity index (χ1) is 13.0. The molecule has 2 heterocycles. The second-order valence-corrected chi connectivity index (χ2v) is 6.50. The van der Waals surface area contributed by atoms with Gasteiger partial charge in [-0.15, -0.1) is 0 Å². The van der Waals surface area contributed by atoms with Crippen LogP contribution < -0.4 is 14.8 Å². The molecule has 1 N–H and O–H groups in total. The molecule has 2 aromatic heterocycles. The first-order valence-electron chi connectivity index (χ1n) is 8.89. The third kappa shape index (κ3) is 4.19. The van der Waals surface area contributed by atoms with Crippen molar-refractivity contribution in [1.82, 2.24) is 20.1 Å². The average Bonchev–Trinajstić information content (AvgIpc) is 3.07. The fourth-order valence-electron chi connectivity index (χ4n) is 2.79. The number of carbonyl (C=O) groups is 1. The van der Waals surface area contributed by atoms with E-state index in [0.29, 0.717) is 30.2 Å². The molecule has 1 aromatic carbocycles. The Labute approximate surface area is 158 Å². The minimum atomic E-state index is -0.173. The average molecular weight is 368 g/mol. The molecule has 7 heteroatoms. The van der Waals surface area contributed by atoms with Crippen molar-refractivity contribution >= 4 is 16.9 Å². The fraction of sp³-hybridized carbons (Fsp3) is 0.350. The molecule has 0 atom stereocenters. The number of aryl methyl sites for hydroxylation is 1. The second-order valence-electron chi connectivity index (χ2n) is 6.50. The van der Waals surface area contributed by atoms with Crippen LogP contribution in [0.15, 0.2) is 36.5 Å². The van der Waals surface area contributed by atoms with E-state index in [0.717, 1.165) is 16.8 Å². The molecule has 0 aliphatic rings. The number of ether oxygens (including phenoxy) is 2. The van der Waals surface area contributed by atoms with E-state index in [1.54, 1.807) is 19.4 Å². The number of hydrogen-bond acceptors (Lipinski definition) is 5. The quantitative estimate of drug-likeness (QED) is 0.648. The van der Waals surface area contributed by atoms with Gasteiger partial charge < -0.3 is 14.8 Å². The van der Waals surface area contributed by atoms with Gasteiger partial charge in [0.2, 0.25) is 0 Å². The number of carbonyl (C=O) groups excluding carboxylic acids is 1. The molecule has 27 heavy (non-hydrogen) atoms. The van der Waals surface area contributed by atoms with E-state index >= 15 is 0 Å². The van der Waals surface area contributed by atoms with Gasteiger partial charge in [0.05, 0.1) is 31.1 Å². The number of hydrogen-bond donors (Lipinski definition) is 1. The van der Waals surface area contributed by atoms with Gasteiger partial charge >= 0.3 is 0 Å². The Kier molecular flexibility index (Phi) is 5.59. The van der Waals surface area contributed by atoms with Gasteiger partial charge in [-0.3, -0.25) is 4.79 Å². The number of methoxy groups -OCH3 is 1. The van der Waals surface area contributed by atoms with Crippen molar-refractivity contribution in [3.63, 3.8) is 0 Å². The van der Waals surface area contributed by atoms with Crippen LogP contribution in [0.4, 0.5) is 0 Å². The minimum absolute atomic E-state index is 0.173. The number of pyridine rings is 1. The normalized spacial score (nSPS) is 11.0. The highest BCUT2D eigenvalue weighted by molar-refractivity contribution is 5.98. The Hall–Kier alpha value is -3.09. The summed E-state index contributed by atoms with van der Waals surface area (Å²) in [5, 5.41) is 8.08. The van der Waals surface area contributed by atoms with Gasteiger partial charge in [0.25, 0.3) is 5.91 Å². The molecular weight excluding hydrogens is 344 g/mol. The number of nitrogens with one attached hydrogen (secondary N) is 1. The summed E-state index contributed by atoms with van der Waals surface area (Å²) >= 11 is 0. The first-order valence-corrected chi connectivity index (χ1v) is 8.89. The van der Waals surface area contributed by atoms with Crippen LogP contribution >= 0.6 is 0 Å². The van der Waals surface area contributed by atoms with Crippen LogP contribution in [-0.4, -0.2) is 40.9 Å². The van der Waals surface area contributed by atoms with Gasteiger partial charge in [-0.25, -0.2) is 9.67 Å². The lowest BCUT2D eigenvalue weighted by molar-refractivity contribution is 0.0946. The van der Waals surface area contributed by atoms with E-state index in [-0.39, 0.29) is 11.9 Å². The Morgan fingerprint density at radius 2 is 2.04 bits per heavy atom. The smallest absolute Gasteiger partial charge is 0.253 e. The maximum Gasteiger partial charge on any atom is 0.253 e. The zero-order valence-electron chi connectivity index (χ0n) is 16.0. The summed E-state index contributed by atoms with van der Waals surface area (Å²) in [7, 11) is 1.61. The highest BCUT2D eigenvalue weighted by atomic mass is 16.5. The van der Waals surface area contributed by atoms with Crippen LogP contribution in [0.25, 0.3) is 11.0 Å². The maximum absolute atomic E-state index is 12.5. The van der Waals surface area contributed by atoms with E-state index in [4.69, 9.17) is 9.47 Å². The lowest BCUT2D eigenvalue weighted by Crippen LogP contribution is -2.28. The van der Waals surface area contributed by atoms with Crippen LogP contribution in [0.5, 0.6) is 11.5 Å². The number of aromatic nitrogens is 3. The standard InChI is InChI=1S/C20H24N4O3/c1-13(2)24-19-15(12-22-24)10-18(14(3)23-19)20(25)21-8-9-27-17-7-5-6-16(11-17)26-4/h5-7,10-13H,8-9H2,1-4H3,(H,21,25). The molecule has 0 spiro atoms. The molecule has 0 saturated heterocycles. The molecule has 0 bridgehead atoms. The number of benzene rings is 1. The zero-order chi connectivity index (χ0) is 19.4. The second kappa shape index (κ2) is 8.07. The zero-order valence-corrected chi connectivity index (χ0v) is 16.0. The SMILES string of the molecule is COc1cccc(OCCNC(=O)c2cc3cnn(C(C)C)c3nc2C)c1. The van der Waals surface area contributed by atoms with Crippen molar-refractivity contribution in [3.05, 3.63) is 47.8 Å². The number of fused-ring (bicyclic) bond motifs is 1. The van der Waals surface area contributed by atoms with Crippen molar-refractivity contribution in [2.45, 2.75) is 26.8 Å². The van der Waals surface area contributed by atoms with Gasteiger partial charge in [0, 0.05) is 17.5 Å². The van der Waals surface area contributed by atoms with Crippen LogP contribution in [-0.2, 0) is 0 Å². The lowest BCUT2D eigenvalue weighted by atomic mass is 10.1. The third-order valence-electron chi connectivity index (χ3n) is 4.19. The Bertz CT molecular complexity index is 950. The van der Waals surface area contributed by atoms with Gasteiger partial charge in [0.15, 0.2) is 5.65 Å². The van der Waals surface area contributed by atoms with Gasteiger partial charge in [-0.2, -0.15) is 5.10 Å². The molecular formula is C20H24N4O3. The number of rotatable bonds is 7. The van der Waals surface area contributed by atoms with E-state index in [1.165, 1.54) is 0 Å². The molecule has 3 rings (SSSR count). The monoisotopic (exact) mass is 368 g/mol. The molecule has 0 aliphatic heterocycles. The molecule has 0 radical (unpaired) electrons. The predicted molar refractivity (Wildman–Crippen MR) is 103 cm³/mol. The van der Waals surface area contributed by atoms with Gasteiger partial charge in [-0.1, -0.05) is 6.07 Å². The summed E-state index contributed by atoms with van der Waals surface area (Å²) in [5.74, 6) is 1.26. The van der Waals surface area contributed by atoms with Crippen molar-refractivity contribution in [1.29, 1.82) is 0 Å². The minimum Gasteiger partial charge on any atom is -0.497 e. The topological polar surface area (TPSA) is 78.3 Å². The van der Waals surface area contributed by atoms with E-state index < -0.39 is 0 Å². The summed E-state index contributed by atoms with van der Waals surface area (Å²) in [6.07, 6.45) is 1.74. The van der Waals surface area contributed by atoms with Crippen molar-refractivity contribution in [2.75, 3.05) is 20.3 Å². The Balaban J connectivity index is 1.61. The summed E-state index contributed by atoms with van der Waals surface area (Å²) < 4.78 is 12.7. The molecule has 0 fully saturated rings. The highest BCUT2D eigenvalue weighted by Crippen LogP contribution is 2.20. The van der Waals surface area contributed by atoms with Gasteiger partial charge in [0.1, 0.15) is 18.1 Å². The van der Waals surface area contributed by atoms with Crippen molar-refractivity contribution in [2.24, 2.45) is 0 Å². The Morgan fingerprint density at radius 3 is 2.78 bits per heavy atom. The van der Waals surface area contributed by atoms with E-state index in [2.05, 4.69) is 15.4 Å². The number of amides is 1.